The van der Waals surface area contributed by atoms with E-state index in [1.807, 2.05) is 13.0 Å². The largest absolute Gasteiger partial charge is 0.478 e. The molecular formula is C14H16ClNO3. The number of hydrogen-bond acceptors (Lipinski definition) is 2. The van der Waals surface area contributed by atoms with Gasteiger partial charge in [-0.3, -0.25) is 4.79 Å². The van der Waals surface area contributed by atoms with Gasteiger partial charge in [0.2, 0.25) is 5.91 Å². The number of amides is 1. The van der Waals surface area contributed by atoms with Gasteiger partial charge >= 0.3 is 5.97 Å². The van der Waals surface area contributed by atoms with E-state index < -0.39 is 11.9 Å². The van der Waals surface area contributed by atoms with Crippen molar-refractivity contribution in [2.24, 2.45) is 0 Å². The van der Waals surface area contributed by atoms with Crippen molar-refractivity contribution in [3.63, 3.8) is 0 Å². The third-order valence-corrected chi connectivity index (χ3v) is 3.16. The molecule has 1 atom stereocenters. The molecule has 0 heterocycles. The van der Waals surface area contributed by atoms with E-state index in [2.05, 4.69) is 5.32 Å². The second-order valence-electron chi connectivity index (χ2n) is 4.31. The molecule has 0 aliphatic rings. The molecule has 0 saturated carbocycles. The van der Waals surface area contributed by atoms with Crippen LogP contribution in [0.15, 0.2) is 35.4 Å². The molecule has 0 aromatic heterocycles. The van der Waals surface area contributed by atoms with Gasteiger partial charge in [0.1, 0.15) is 0 Å². The second-order valence-corrected chi connectivity index (χ2v) is 4.74. The van der Waals surface area contributed by atoms with Crippen LogP contribution in [0.4, 0.5) is 0 Å². The Morgan fingerprint density at radius 2 is 1.89 bits per heavy atom. The molecule has 1 rings (SSSR count). The van der Waals surface area contributed by atoms with Gasteiger partial charge in [-0.05, 0) is 38.5 Å². The predicted octanol–water partition coefficient (Wildman–Crippen LogP) is 2.94. The standard InChI is InChI=1S/C14H16ClNO3/c1-8(9(2)14(18)19)13(17)16-10(3)11-5-4-6-12(15)7-11/h4-7,10H,1-3H3,(H,16,17)(H,18,19). The Kier molecular flexibility index (Phi) is 5.12. The molecule has 0 bridgehead atoms. The number of carbonyl (C=O) groups is 2. The number of rotatable bonds is 4. The highest BCUT2D eigenvalue weighted by atomic mass is 35.5. The normalized spacial score (nSPS) is 13.5. The van der Waals surface area contributed by atoms with Gasteiger partial charge in [0.25, 0.3) is 0 Å². The molecule has 1 aromatic rings. The first-order valence-corrected chi connectivity index (χ1v) is 6.17. The quantitative estimate of drug-likeness (QED) is 0.834. The molecular weight excluding hydrogens is 266 g/mol. The van der Waals surface area contributed by atoms with Crippen molar-refractivity contribution in [2.45, 2.75) is 26.8 Å². The molecule has 0 radical (unpaired) electrons. The molecule has 0 fully saturated rings. The first-order valence-electron chi connectivity index (χ1n) is 5.80. The monoisotopic (exact) mass is 281 g/mol. The van der Waals surface area contributed by atoms with Gasteiger partial charge in [-0.2, -0.15) is 0 Å². The van der Waals surface area contributed by atoms with E-state index >= 15 is 0 Å². The molecule has 1 amide bonds. The minimum atomic E-state index is -1.09. The van der Waals surface area contributed by atoms with E-state index in [0.29, 0.717) is 5.02 Å². The van der Waals surface area contributed by atoms with E-state index in [0.717, 1.165) is 5.56 Å². The van der Waals surface area contributed by atoms with Gasteiger partial charge in [0.15, 0.2) is 0 Å². The van der Waals surface area contributed by atoms with Gasteiger partial charge < -0.3 is 10.4 Å². The number of nitrogens with one attached hydrogen (secondary N) is 1. The fourth-order valence-electron chi connectivity index (χ4n) is 1.49. The number of carboxylic acids is 1. The van der Waals surface area contributed by atoms with Crippen molar-refractivity contribution >= 4 is 23.5 Å². The molecule has 0 aliphatic carbocycles. The number of benzene rings is 1. The summed E-state index contributed by atoms with van der Waals surface area (Å²) in [7, 11) is 0. The zero-order valence-electron chi connectivity index (χ0n) is 11.0. The van der Waals surface area contributed by atoms with Crippen LogP contribution in [0.25, 0.3) is 0 Å². The minimum Gasteiger partial charge on any atom is -0.478 e. The zero-order valence-corrected chi connectivity index (χ0v) is 11.8. The van der Waals surface area contributed by atoms with Gasteiger partial charge in [-0.1, -0.05) is 23.7 Å². The van der Waals surface area contributed by atoms with Crippen molar-refractivity contribution in [3.8, 4) is 0 Å². The Morgan fingerprint density at radius 1 is 1.26 bits per heavy atom. The number of aliphatic carboxylic acids is 1. The maximum absolute atomic E-state index is 11.9. The zero-order chi connectivity index (χ0) is 14.6. The molecule has 0 spiro atoms. The average molecular weight is 282 g/mol. The predicted molar refractivity (Wildman–Crippen MR) is 74.0 cm³/mol. The van der Waals surface area contributed by atoms with Gasteiger partial charge in [-0.25, -0.2) is 4.79 Å². The first-order chi connectivity index (χ1) is 8.82. The van der Waals surface area contributed by atoms with Crippen LogP contribution in [0.1, 0.15) is 32.4 Å². The molecule has 1 unspecified atom stereocenters. The lowest BCUT2D eigenvalue weighted by Crippen LogP contribution is -2.28. The van der Waals surface area contributed by atoms with E-state index in [-0.39, 0.29) is 17.2 Å². The molecule has 5 heteroatoms. The van der Waals surface area contributed by atoms with Crippen molar-refractivity contribution in [3.05, 3.63) is 46.0 Å². The van der Waals surface area contributed by atoms with E-state index in [9.17, 15) is 9.59 Å². The van der Waals surface area contributed by atoms with Crippen LogP contribution in [-0.4, -0.2) is 17.0 Å². The van der Waals surface area contributed by atoms with Gasteiger partial charge in [0, 0.05) is 16.2 Å². The second kappa shape index (κ2) is 6.38. The van der Waals surface area contributed by atoms with Crippen molar-refractivity contribution in [1.29, 1.82) is 0 Å². The number of halogens is 1. The SMILES string of the molecule is CC(C(=O)O)=C(C)C(=O)NC(C)c1cccc(Cl)c1. The lowest BCUT2D eigenvalue weighted by atomic mass is 10.1. The lowest BCUT2D eigenvalue weighted by Gasteiger charge is -2.15. The van der Waals surface area contributed by atoms with Crippen LogP contribution < -0.4 is 5.32 Å². The topological polar surface area (TPSA) is 66.4 Å². The summed E-state index contributed by atoms with van der Waals surface area (Å²) in [6.07, 6.45) is 0. The maximum atomic E-state index is 11.9. The Hall–Kier alpha value is -1.81. The third-order valence-electron chi connectivity index (χ3n) is 2.92. The molecule has 4 nitrogen and oxygen atoms in total. The summed E-state index contributed by atoms with van der Waals surface area (Å²) in [6, 6.07) is 6.91. The molecule has 102 valence electrons. The lowest BCUT2D eigenvalue weighted by molar-refractivity contribution is -0.133. The Morgan fingerprint density at radius 3 is 2.42 bits per heavy atom. The number of hydrogen-bond donors (Lipinski definition) is 2. The fraction of sp³-hybridized carbons (Fsp3) is 0.286. The van der Waals surface area contributed by atoms with E-state index in [1.165, 1.54) is 13.8 Å². The van der Waals surface area contributed by atoms with Crippen LogP contribution in [0.3, 0.4) is 0 Å². The van der Waals surface area contributed by atoms with Crippen LogP contribution in [-0.2, 0) is 9.59 Å². The van der Waals surface area contributed by atoms with Crippen LogP contribution >= 0.6 is 11.6 Å². The Labute approximate surface area is 117 Å². The highest BCUT2D eigenvalue weighted by molar-refractivity contribution is 6.30. The first kappa shape index (κ1) is 15.2. The summed E-state index contributed by atoms with van der Waals surface area (Å²) < 4.78 is 0. The van der Waals surface area contributed by atoms with Crippen LogP contribution in [0, 0.1) is 0 Å². The number of carboxylic acid groups (broad SMARTS) is 1. The average Bonchev–Trinajstić information content (AvgIpc) is 2.36. The maximum Gasteiger partial charge on any atom is 0.331 e. The smallest absolute Gasteiger partial charge is 0.331 e. The molecule has 19 heavy (non-hydrogen) atoms. The van der Waals surface area contributed by atoms with Gasteiger partial charge in [0.05, 0.1) is 6.04 Å². The summed E-state index contributed by atoms with van der Waals surface area (Å²) >= 11 is 5.88. The van der Waals surface area contributed by atoms with E-state index in [1.54, 1.807) is 18.2 Å². The van der Waals surface area contributed by atoms with Crippen molar-refractivity contribution in [1.82, 2.24) is 5.32 Å². The third kappa shape index (κ3) is 4.10. The summed E-state index contributed by atoms with van der Waals surface area (Å²) in [5, 5.41) is 12.2. The summed E-state index contributed by atoms with van der Waals surface area (Å²) in [5.74, 6) is -1.49. The highest BCUT2D eigenvalue weighted by Gasteiger charge is 2.15. The van der Waals surface area contributed by atoms with Gasteiger partial charge in [-0.15, -0.1) is 0 Å². The summed E-state index contributed by atoms with van der Waals surface area (Å²) in [6.45, 7) is 4.71. The van der Waals surface area contributed by atoms with Crippen molar-refractivity contribution < 1.29 is 14.7 Å². The molecule has 2 N–H and O–H groups in total. The van der Waals surface area contributed by atoms with Crippen LogP contribution in [0.2, 0.25) is 5.02 Å². The molecule has 0 aliphatic heterocycles. The van der Waals surface area contributed by atoms with E-state index in [4.69, 9.17) is 16.7 Å². The van der Waals surface area contributed by atoms with Crippen LogP contribution in [0.5, 0.6) is 0 Å². The molecule has 1 aromatic carbocycles. The Balaban J connectivity index is 2.83. The van der Waals surface area contributed by atoms with Crippen molar-refractivity contribution in [2.75, 3.05) is 0 Å². The highest BCUT2D eigenvalue weighted by Crippen LogP contribution is 2.18. The summed E-state index contributed by atoms with van der Waals surface area (Å²) in [4.78, 5) is 22.7. The molecule has 0 saturated heterocycles. The summed E-state index contributed by atoms with van der Waals surface area (Å²) in [5.41, 5.74) is 1.10. The fourth-order valence-corrected chi connectivity index (χ4v) is 1.69. The Bertz CT molecular complexity index is 537. The minimum absolute atomic E-state index is 0.0378. The number of carbonyl (C=O) groups excluding carboxylic acids is 1.